The number of esters is 2. The molecule has 4 atom stereocenters. The van der Waals surface area contributed by atoms with Crippen molar-refractivity contribution in [3.8, 4) is 0 Å². The second-order valence-electron chi connectivity index (χ2n) is 17.6. The van der Waals surface area contributed by atoms with Crippen LogP contribution in [0.1, 0.15) is 286 Å². The van der Waals surface area contributed by atoms with Gasteiger partial charge in [-0.2, -0.15) is 0 Å². The van der Waals surface area contributed by atoms with Gasteiger partial charge in [0.05, 0.1) is 12.8 Å². The summed E-state index contributed by atoms with van der Waals surface area (Å²) in [6.45, 7) is 13.7. The van der Waals surface area contributed by atoms with Gasteiger partial charge >= 0.3 is 11.9 Å². The molecule has 4 unspecified atom stereocenters. The van der Waals surface area contributed by atoms with E-state index in [9.17, 15) is 9.59 Å². The summed E-state index contributed by atoms with van der Waals surface area (Å²) in [6, 6.07) is 0. The van der Waals surface area contributed by atoms with Gasteiger partial charge in [-0.25, -0.2) is 0 Å². The zero-order valence-corrected chi connectivity index (χ0v) is 37.8. The molecule has 4 nitrogen and oxygen atoms in total. The van der Waals surface area contributed by atoms with Crippen molar-refractivity contribution in [1.29, 1.82) is 0 Å². The van der Waals surface area contributed by atoms with E-state index in [-0.39, 0.29) is 37.0 Å². The highest BCUT2D eigenvalue weighted by Crippen LogP contribution is 2.25. The summed E-state index contributed by atoms with van der Waals surface area (Å²) in [5.41, 5.74) is 0. The second kappa shape index (κ2) is 41.6. The lowest BCUT2D eigenvalue weighted by atomic mass is 9.92. The van der Waals surface area contributed by atoms with Gasteiger partial charge in [-0.05, 0) is 50.4 Å². The smallest absolute Gasteiger partial charge is 0.306 e. The first-order chi connectivity index (χ1) is 26.4. The molecule has 0 aliphatic heterocycles. The van der Waals surface area contributed by atoms with E-state index in [2.05, 4.69) is 41.5 Å². The lowest BCUT2D eigenvalue weighted by Crippen LogP contribution is -2.27. The van der Waals surface area contributed by atoms with Crippen LogP contribution in [0.25, 0.3) is 0 Å². The first-order valence-electron chi connectivity index (χ1n) is 24.8. The number of unbranched alkanes of at least 4 members (excludes halogenated alkanes) is 28. The van der Waals surface area contributed by atoms with E-state index in [1.165, 1.54) is 193 Å². The SMILES string of the molecule is CCCCCCCCCCC(C)C(CCCCCCCCCC)OC(=O)CCC(=O)OC(CCCCCCCCCC)C(C)CCCCCCCCCC. The number of carbonyl (C=O) groups is 2. The summed E-state index contributed by atoms with van der Waals surface area (Å²) in [6.07, 6.45) is 45.9. The molecule has 0 aromatic heterocycles. The summed E-state index contributed by atoms with van der Waals surface area (Å²) in [4.78, 5) is 26.4. The molecule has 0 fully saturated rings. The van der Waals surface area contributed by atoms with Crippen molar-refractivity contribution >= 4 is 11.9 Å². The minimum Gasteiger partial charge on any atom is -0.462 e. The summed E-state index contributed by atoms with van der Waals surface area (Å²) < 4.78 is 12.4. The Hall–Kier alpha value is -1.06. The Morgan fingerprint density at radius 2 is 0.519 bits per heavy atom. The fourth-order valence-corrected chi connectivity index (χ4v) is 8.11. The minimum atomic E-state index is -0.217. The molecule has 0 heterocycles. The van der Waals surface area contributed by atoms with Crippen LogP contribution in [0.3, 0.4) is 0 Å². The van der Waals surface area contributed by atoms with Gasteiger partial charge in [0.15, 0.2) is 0 Å². The lowest BCUT2D eigenvalue weighted by molar-refractivity contribution is -0.159. The van der Waals surface area contributed by atoms with E-state index in [4.69, 9.17) is 9.47 Å². The maximum absolute atomic E-state index is 13.2. The molecule has 4 heteroatoms. The van der Waals surface area contributed by atoms with Crippen LogP contribution in [0.5, 0.6) is 0 Å². The highest BCUT2D eigenvalue weighted by molar-refractivity contribution is 5.77. The van der Waals surface area contributed by atoms with Crippen LogP contribution in [0.4, 0.5) is 0 Å². The van der Waals surface area contributed by atoms with Gasteiger partial charge in [0.2, 0.25) is 0 Å². The Morgan fingerprint density at radius 1 is 0.315 bits per heavy atom. The van der Waals surface area contributed by atoms with Gasteiger partial charge in [0.1, 0.15) is 12.2 Å². The predicted molar refractivity (Wildman–Crippen MR) is 236 cm³/mol. The molecule has 0 rings (SSSR count). The molecule has 0 amide bonds. The van der Waals surface area contributed by atoms with Gasteiger partial charge in [0.25, 0.3) is 0 Å². The number of rotatable bonds is 43. The summed E-state index contributed by atoms with van der Waals surface area (Å²) in [5.74, 6) is 0.286. The molecule has 0 spiro atoms. The number of hydrogen-bond acceptors (Lipinski definition) is 4. The molecule has 0 saturated carbocycles. The zero-order valence-electron chi connectivity index (χ0n) is 37.8. The normalized spacial score (nSPS) is 13.8. The molecular formula is C50H98O4. The lowest BCUT2D eigenvalue weighted by Gasteiger charge is -2.25. The average molecular weight is 763 g/mol. The van der Waals surface area contributed by atoms with Gasteiger partial charge in [-0.3, -0.25) is 9.59 Å². The molecule has 54 heavy (non-hydrogen) atoms. The average Bonchev–Trinajstić information content (AvgIpc) is 3.17. The van der Waals surface area contributed by atoms with Gasteiger partial charge in [0, 0.05) is 0 Å². The monoisotopic (exact) mass is 763 g/mol. The van der Waals surface area contributed by atoms with Crippen LogP contribution < -0.4 is 0 Å². The molecule has 0 radical (unpaired) electrons. The fourth-order valence-electron chi connectivity index (χ4n) is 8.11. The van der Waals surface area contributed by atoms with E-state index in [0.717, 1.165) is 38.5 Å². The Labute approximate surface area is 339 Å². The van der Waals surface area contributed by atoms with Crippen molar-refractivity contribution in [1.82, 2.24) is 0 Å². The van der Waals surface area contributed by atoms with E-state index in [1.54, 1.807) is 0 Å². The third-order valence-corrected chi connectivity index (χ3v) is 12.1. The number of carbonyl (C=O) groups excluding carboxylic acids is 2. The second-order valence-corrected chi connectivity index (χ2v) is 17.6. The molecule has 322 valence electrons. The molecule has 0 aromatic carbocycles. The van der Waals surface area contributed by atoms with Crippen LogP contribution in [0.2, 0.25) is 0 Å². The quantitative estimate of drug-likeness (QED) is 0.0458. The van der Waals surface area contributed by atoms with E-state index in [1.807, 2.05) is 0 Å². The third-order valence-electron chi connectivity index (χ3n) is 12.1. The molecule has 0 bridgehead atoms. The van der Waals surface area contributed by atoms with E-state index >= 15 is 0 Å². The van der Waals surface area contributed by atoms with Crippen molar-refractivity contribution in [3.05, 3.63) is 0 Å². The Kier molecular flexibility index (Phi) is 40.8. The summed E-state index contributed by atoms with van der Waals surface area (Å²) >= 11 is 0. The first-order valence-corrected chi connectivity index (χ1v) is 24.8. The topological polar surface area (TPSA) is 52.6 Å². The van der Waals surface area contributed by atoms with Crippen molar-refractivity contribution in [2.75, 3.05) is 0 Å². The molecule has 0 N–H and O–H groups in total. The highest BCUT2D eigenvalue weighted by Gasteiger charge is 2.24. The maximum atomic E-state index is 13.2. The number of hydrogen-bond donors (Lipinski definition) is 0. The Balaban J connectivity index is 4.96. The molecule has 0 aliphatic rings. The third kappa shape index (κ3) is 35.4. The van der Waals surface area contributed by atoms with E-state index in [0.29, 0.717) is 11.8 Å². The van der Waals surface area contributed by atoms with Gasteiger partial charge in [-0.15, -0.1) is 0 Å². The van der Waals surface area contributed by atoms with Crippen LogP contribution in [0.15, 0.2) is 0 Å². The Morgan fingerprint density at radius 3 is 0.759 bits per heavy atom. The fraction of sp³-hybridized carbons (Fsp3) is 0.960. The summed E-state index contributed by atoms with van der Waals surface area (Å²) in [5, 5.41) is 0. The van der Waals surface area contributed by atoms with Crippen molar-refractivity contribution < 1.29 is 19.1 Å². The molecule has 0 aromatic rings. The van der Waals surface area contributed by atoms with Crippen molar-refractivity contribution in [2.45, 2.75) is 298 Å². The van der Waals surface area contributed by atoms with Crippen molar-refractivity contribution in [2.24, 2.45) is 11.8 Å². The predicted octanol–water partition coefficient (Wildman–Crippen LogP) is 17.0. The van der Waals surface area contributed by atoms with Crippen molar-refractivity contribution in [3.63, 3.8) is 0 Å². The first kappa shape index (κ1) is 52.9. The Bertz CT molecular complexity index is 717. The van der Waals surface area contributed by atoms with Crippen LogP contribution >= 0.6 is 0 Å². The minimum absolute atomic E-state index is 0.0421. The van der Waals surface area contributed by atoms with E-state index < -0.39 is 0 Å². The zero-order chi connectivity index (χ0) is 39.7. The molecule has 0 saturated heterocycles. The largest absolute Gasteiger partial charge is 0.462 e. The molecule has 0 aliphatic carbocycles. The molecular weight excluding hydrogens is 665 g/mol. The van der Waals surface area contributed by atoms with Crippen LogP contribution in [0, 0.1) is 11.8 Å². The summed E-state index contributed by atoms with van der Waals surface area (Å²) in [7, 11) is 0. The van der Waals surface area contributed by atoms with Gasteiger partial charge < -0.3 is 9.47 Å². The van der Waals surface area contributed by atoms with Crippen LogP contribution in [-0.4, -0.2) is 24.1 Å². The number of ether oxygens (including phenoxy) is 2. The maximum Gasteiger partial charge on any atom is 0.306 e. The highest BCUT2D eigenvalue weighted by atomic mass is 16.6. The standard InChI is InChI=1S/C50H98O4/c1-7-11-15-19-23-27-31-35-39-45(5)47(41-37-33-29-25-21-17-13-9-3)53-49(51)43-44-50(52)54-48(42-38-34-30-26-22-18-14-10-4)46(6)40-36-32-28-24-20-16-12-8-2/h45-48H,7-44H2,1-6H3. The van der Waals surface area contributed by atoms with Crippen LogP contribution in [-0.2, 0) is 19.1 Å². The van der Waals surface area contributed by atoms with Gasteiger partial charge in [-0.1, -0.05) is 234 Å².